The van der Waals surface area contributed by atoms with Crippen molar-refractivity contribution in [1.29, 1.82) is 0 Å². The highest BCUT2D eigenvalue weighted by atomic mass is 16.5. The molecule has 4 aliphatic rings. The number of esters is 1. The molecule has 0 bridgehead atoms. The number of aliphatic hydroxyl groups excluding tert-OH is 1. The molecule has 5 rings (SSSR count). The fraction of sp³-hybridized carbons (Fsp3) is 0.696. The molecule has 1 aromatic carbocycles. The van der Waals surface area contributed by atoms with E-state index >= 15 is 0 Å². The van der Waals surface area contributed by atoms with E-state index in [1.807, 2.05) is 0 Å². The molecular formula is C23H30O5. The van der Waals surface area contributed by atoms with Gasteiger partial charge in [0.2, 0.25) is 0 Å². The number of carbonyl (C=O) groups is 1. The van der Waals surface area contributed by atoms with E-state index in [0.717, 1.165) is 36.8 Å². The fourth-order valence-electron chi connectivity index (χ4n) is 7.09. The number of aliphatic hydroxyl groups is 1. The van der Waals surface area contributed by atoms with Gasteiger partial charge in [0.05, 0.1) is 11.7 Å². The first-order valence-electron chi connectivity index (χ1n) is 10.5. The lowest BCUT2D eigenvalue weighted by Crippen LogP contribution is -2.66. The van der Waals surface area contributed by atoms with Gasteiger partial charge >= 0.3 is 5.97 Å². The number of carbonyl (C=O) groups excluding carboxylic acids is 1. The van der Waals surface area contributed by atoms with Gasteiger partial charge in [-0.2, -0.15) is 0 Å². The van der Waals surface area contributed by atoms with Gasteiger partial charge in [-0.05, 0) is 49.0 Å². The predicted octanol–water partition coefficient (Wildman–Crippen LogP) is 3.97. The van der Waals surface area contributed by atoms with Crippen LogP contribution in [0.5, 0.6) is 11.5 Å². The summed E-state index contributed by atoms with van der Waals surface area (Å²) in [4.78, 5) is 12.0. The van der Waals surface area contributed by atoms with Gasteiger partial charge in [0.15, 0.2) is 0 Å². The molecule has 152 valence electrons. The predicted molar refractivity (Wildman–Crippen MR) is 103 cm³/mol. The first-order valence-corrected chi connectivity index (χ1v) is 10.5. The van der Waals surface area contributed by atoms with Crippen LogP contribution in [0.3, 0.4) is 0 Å². The summed E-state index contributed by atoms with van der Waals surface area (Å²) in [7, 11) is 0. The van der Waals surface area contributed by atoms with E-state index in [1.54, 1.807) is 6.07 Å². The Morgan fingerprint density at radius 1 is 1.14 bits per heavy atom. The highest BCUT2D eigenvalue weighted by Gasteiger charge is 2.67. The van der Waals surface area contributed by atoms with E-state index in [4.69, 9.17) is 9.47 Å². The Hall–Kier alpha value is -1.75. The topological polar surface area (TPSA) is 76.0 Å². The number of aromatic hydroxyl groups is 1. The van der Waals surface area contributed by atoms with Gasteiger partial charge in [0, 0.05) is 23.0 Å². The molecule has 1 aromatic rings. The smallest absolute Gasteiger partial charge is 0.339 e. The first kappa shape index (κ1) is 18.3. The third-order valence-corrected chi connectivity index (χ3v) is 8.87. The zero-order chi connectivity index (χ0) is 20.1. The van der Waals surface area contributed by atoms with E-state index in [-0.39, 0.29) is 35.3 Å². The summed E-state index contributed by atoms with van der Waals surface area (Å²) in [5.41, 5.74) is 1.29. The molecule has 0 aromatic heterocycles. The van der Waals surface area contributed by atoms with Crippen LogP contribution in [0.1, 0.15) is 74.9 Å². The fourth-order valence-corrected chi connectivity index (χ4v) is 7.09. The Kier molecular flexibility index (Phi) is 3.55. The monoisotopic (exact) mass is 386 g/mol. The Morgan fingerprint density at radius 3 is 2.64 bits per heavy atom. The molecule has 0 saturated heterocycles. The molecule has 2 aliphatic carbocycles. The van der Waals surface area contributed by atoms with E-state index in [2.05, 4.69) is 27.7 Å². The summed E-state index contributed by atoms with van der Waals surface area (Å²) < 4.78 is 12.1. The summed E-state index contributed by atoms with van der Waals surface area (Å²) in [5.74, 6) is 1.07. The second-order valence-electron chi connectivity index (χ2n) is 10.3. The van der Waals surface area contributed by atoms with Crippen LogP contribution in [0.4, 0.5) is 0 Å². The summed E-state index contributed by atoms with van der Waals surface area (Å²) >= 11 is 0. The molecule has 2 heterocycles. The number of phenolic OH excluding ortho intramolecular Hbond substituents is 1. The van der Waals surface area contributed by atoms with E-state index in [0.29, 0.717) is 29.6 Å². The lowest BCUT2D eigenvalue weighted by Gasteiger charge is -2.64. The first-order chi connectivity index (χ1) is 13.1. The van der Waals surface area contributed by atoms with Crippen LogP contribution in [-0.2, 0) is 17.8 Å². The molecule has 5 nitrogen and oxygen atoms in total. The lowest BCUT2D eigenvalue weighted by molar-refractivity contribution is -0.210. The molecule has 28 heavy (non-hydrogen) atoms. The quantitative estimate of drug-likeness (QED) is 0.660. The number of ether oxygens (including phenoxy) is 2. The summed E-state index contributed by atoms with van der Waals surface area (Å²) in [6.45, 7) is 9.17. The van der Waals surface area contributed by atoms with Crippen LogP contribution >= 0.6 is 0 Å². The molecule has 1 spiro atoms. The molecular weight excluding hydrogens is 356 g/mol. The number of phenols is 1. The average molecular weight is 386 g/mol. The number of fused-ring (bicyclic) bond motifs is 5. The molecule has 5 heteroatoms. The largest absolute Gasteiger partial charge is 0.508 e. The Labute approximate surface area is 166 Å². The Morgan fingerprint density at radius 2 is 1.89 bits per heavy atom. The van der Waals surface area contributed by atoms with Crippen molar-refractivity contribution in [3.8, 4) is 11.5 Å². The molecule has 0 amide bonds. The third kappa shape index (κ3) is 1.99. The second-order valence-corrected chi connectivity index (χ2v) is 10.3. The molecule has 2 N–H and O–H groups in total. The van der Waals surface area contributed by atoms with Gasteiger partial charge in [0.1, 0.15) is 23.7 Å². The van der Waals surface area contributed by atoms with Crippen molar-refractivity contribution in [2.45, 2.75) is 78.1 Å². The minimum absolute atomic E-state index is 0.116. The number of rotatable bonds is 0. The number of hydrogen-bond donors (Lipinski definition) is 2. The Balaban J connectivity index is 1.65. The highest BCUT2D eigenvalue weighted by molar-refractivity contribution is 5.95. The van der Waals surface area contributed by atoms with Crippen LogP contribution in [0.15, 0.2) is 6.07 Å². The maximum absolute atomic E-state index is 12.0. The van der Waals surface area contributed by atoms with Gasteiger partial charge in [-0.25, -0.2) is 4.79 Å². The number of cyclic esters (lactones) is 1. The SMILES string of the molecule is CC1CC[C@H]2C(C)(C)C(O)CC[C@]2(C)[C@@]12Cc1c(O)cc3c(c1O2)COC3=O. The number of benzene rings is 1. The van der Waals surface area contributed by atoms with E-state index in [1.165, 1.54) is 0 Å². The van der Waals surface area contributed by atoms with Crippen molar-refractivity contribution in [2.75, 3.05) is 0 Å². The van der Waals surface area contributed by atoms with Crippen molar-refractivity contribution >= 4 is 5.97 Å². The molecule has 2 aliphatic heterocycles. The molecule has 0 radical (unpaired) electrons. The van der Waals surface area contributed by atoms with Crippen molar-refractivity contribution in [3.63, 3.8) is 0 Å². The third-order valence-electron chi connectivity index (χ3n) is 8.87. The number of hydrogen-bond acceptors (Lipinski definition) is 5. The van der Waals surface area contributed by atoms with Crippen LogP contribution in [0.2, 0.25) is 0 Å². The van der Waals surface area contributed by atoms with Crippen molar-refractivity contribution in [3.05, 3.63) is 22.8 Å². The summed E-state index contributed by atoms with van der Waals surface area (Å²) in [6.07, 6.45) is 4.12. The minimum Gasteiger partial charge on any atom is -0.508 e. The molecule has 2 unspecified atom stereocenters. The van der Waals surface area contributed by atoms with Gasteiger partial charge in [-0.3, -0.25) is 0 Å². The van der Waals surface area contributed by atoms with Crippen molar-refractivity contribution in [1.82, 2.24) is 0 Å². The van der Waals surface area contributed by atoms with Crippen LogP contribution in [0.25, 0.3) is 0 Å². The van der Waals surface area contributed by atoms with E-state index < -0.39 is 5.60 Å². The van der Waals surface area contributed by atoms with E-state index in [9.17, 15) is 15.0 Å². The second kappa shape index (κ2) is 5.44. The lowest BCUT2D eigenvalue weighted by atomic mass is 9.43. The zero-order valence-corrected chi connectivity index (χ0v) is 17.2. The Bertz CT molecular complexity index is 874. The summed E-state index contributed by atoms with van der Waals surface area (Å²) in [5, 5.41) is 21.4. The molecule has 2 saturated carbocycles. The van der Waals surface area contributed by atoms with Crippen molar-refractivity contribution < 1.29 is 24.5 Å². The zero-order valence-electron chi connectivity index (χ0n) is 17.2. The normalized spacial score (nSPS) is 40.5. The standard InChI is InChI=1S/C23H30O5/c1-12-5-6-17-21(2,3)18(25)7-8-22(17,4)23(12)10-14-16(24)9-13-15(19(14)28-23)11-27-20(13)26/h9,12,17-18,24-25H,5-8,10-11H2,1-4H3/t12?,17-,18?,22-,23+/m0/s1. The molecule has 5 atom stereocenters. The van der Waals surface area contributed by atoms with Crippen molar-refractivity contribution in [2.24, 2.45) is 22.7 Å². The maximum Gasteiger partial charge on any atom is 0.339 e. The average Bonchev–Trinajstić information content (AvgIpc) is 3.20. The van der Waals surface area contributed by atoms with Crippen LogP contribution in [0, 0.1) is 22.7 Å². The maximum atomic E-state index is 12.0. The van der Waals surface area contributed by atoms with Gasteiger partial charge in [-0.1, -0.05) is 27.7 Å². The van der Waals surface area contributed by atoms with Gasteiger partial charge in [0.25, 0.3) is 0 Å². The van der Waals surface area contributed by atoms with Crippen LogP contribution < -0.4 is 4.74 Å². The van der Waals surface area contributed by atoms with Gasteiger partial charge in [-0.15, -0.1) is 0 Å². The summed E-state index contributed by atoms with van der Waals surface area (Å²) in [6, 6.07) is 1.55. The highest BCUT2D eigenvalue weighted by Crippen LogP contribution is 2.67. The van der Waals surface area contributed by atoms with Crippen LogP contribution in [-0.4, -0.2) is 27.9 Å². The van der Waals surface area contributed by atoms with Gasteiger partial charge < -0.3 is 19.7 Å². The molecule has 2 fully saturated rings. The minimum atomic E-state index is -0.437.